The van der Waals surface area contributed by atoms with Gasteiger partial charge in [0.25, 0.3) is 17.0 Å². The minimum absolute atomic E-state index is 0.0233. The van der Waals surface area contributed by atoms with Gasteiger partial charge in [-0.3, -0.25) is 14.5 Å². The van der Waals surface area contributed by atoms with Crippen molar-refractivity contribution >= 4 is 75.9 Å². The fourth-order valence-corrected chi connectivity index (χ4v) is 8.20. The van der Waals surface area contributed by atoms with Crippen molar-refractivity contribution < 1.29 is 29.4 Å². The Morgan fingerprint density at radius 3 is 2.82 bits per heavy atom. The number of thioether (sulfide) groups is 3. The summed E-state index contributed by atoms with van der Waals surface area (Å²) in [7, 11) is 1.51. The van der Waals surface area contributed by atoms with Crippen LogP contribution in [0.2, 0.25) is 0 Å². The number of oxime groups is 1. The first-order valence-corrected chi connectivity index (χ1v) is 14.8. The van der Waals surface area contributed by atoms with Gasteiger partial charge in [0.2, 0.25) is 0 Å². The van der Waals surface area contributed by atoms with E-state index in [4.69, 9.17) is 16.2 Å². The summed E-state index contributed by atoms with van der Waals surface area (Å²) in [4.78, 5) is 48.2. The lowest BCUT2D eigenvalue weighted by Gasteiger charge is -2.49. The van der Waals surface area contributed by atoms with E-state index in [2.05, 4.69) is 20.4 Å². The number of amides is 2. The maximum Gasteiger partial charge on any atom is 0.353 e. The molecule has 2 atom stereocenters. The van der Waals surface area contributed by atoms with Crippen LogP contribution in [-0.2, 0) is 20.1 Å². The summed E-state index contributed by atoms with van der Waals surface area (Å²) in [6, 6.07) is 3.45. The lowest BCUT2D eigenvalue weighted by atomic mass is 10.0. The van der Waals surface area contributed by atoms with Crippen LogP contribution in [-0.4, -0.2) is 85.3 Å². The zero-order valence-electron chi connectivity index (χ0n) is 19.8. The third-order valence-electron chi connectivity index (χ3n) is 5.28. The number of fused-ring (bicyclic) bond motifs is 1. The molecule has 0 spiro atoms. The summed E-state index contributed by atoms with van der Waals surface area (Å²) >= 11 is 5.46. The number of β-lactam (4-membered cyclic amide) rings is 1. The number of aromatic nitrogens is 2. The molecule has 2 aromatic rings. The SMILES string of the molecule is COc1nc(CSCCN)c(SC2=C(C(=O)O)N3C(=O)[C@@H](NC(=O)/C(=N\O)c4cccc(N)n4)C3SC2)s1. The zero-order valence-corrected chi connectivity index (χ0v) is 23.1. The Kier molecular flexibility index (Phi) is 9.03. The average Bonchev–Trinajstić information content (AvgIpc) is 3.29. The van der Waals surface area contributed by atoms with Crippen molar-refractivity contribution in [2.24, 2.45) is 10.9 Å². The van der Waals surface area contributed by atoms with Gasteiger partial charge < -0.3 is 31.8 Å². The second kappa shape index (κ2) is 12.2. The van der Waals surface area contributed by atoms with Gasteiger partial charge in [0.15, 0.2) is 5.71 Å². The van der Waals surface area contributed by atoms with E-state index in [9.17, 15) is 24.7 Å². The van der Waals surface area contributed by atoms with Gasteiger partial charge in [-0.25, -0.2) is 14.8 Å². The number of rotatable bonds is 11. The number of carboxylic acids is 1. The van der Waals surface area contributed by atoms with Crippen LogP contribution in [0.25, 0.3) is 0 Å². The van der Waals surface area contributed by atoms with E-state index in [0.29, 0.717) is 28.1 Å². The molecule has 0 bridgehead atoms. The fourth-order valence-electron chi connectivity index (χ4n) is 3.61. The number of carboxylic acid groups (broad SMARTS) is 1. The molecule has 202 valence electrons. The second-order valence-corrected chi connectivity index (χ2v) is 12.2. The molecule has 38 heavy (non-hydrogen) atoms. The quantitative estimate of drug-likeness (QED) is 0.0806. The largest absolute Gasteiger partial charge is 0.477 e. The molecule has 2 amide bonds. The van der Waals surface area contributed by atoms with Gasteiger partial charge in [0.1, 0.15) is 28.6 Å². The number of nitrogens with one attached hydrogen (secondary N) is 1. The first kappa shape index (κ1) is 28.0. The molecule has 0 saturated carbocycles. The van der Waals surface area contributed by atoms with Crippen LogP contribution in [0.4, 0.5) is 5.82 Å². The highest BCUT2D eigenvalue weighted by molar-refractivity contribution is 8.07. The molecule has 2 aromatic heterocycles. The van der Waals surface area contributed by atoms with Crippen LogP contribution in [0, 0.1) is 0 Å². The van der Waals surface area contributed by atoms with Crippen LogP contribution >= 0.6 is 46.6 Å². The summed E-state index contributed by atoms with van der Waals surface area (Å²) in [6.45, 7) is 0.525. The summed E-state index contributed by atoms with van der Waals surface area (Å²) in [5.74, 6) is -0.958. The molecule has 7 N–H and O–H groups in total. The van der Waals surface area contributed by atoms with Crippen molar-refractivity contribution in [1.82, 2.24) is 20.2 Å². The van der Waals surface area contributed by atoms with E-state index < -0.39 is 34.9 Å². The van der Waals surface area contributed by atoms with E-state index in [1.165, 1.54) is 65.1 Å². The van der Waals surface area contributed by atoms with Crippen molar-refractivity contribution in [2.75, 3.05) is 30.9 Å². The normalized spacial score (nSPS) is 19.2. The van der Waals surface area contributed by atoms with Crippen LogP contribution in [0.1, 0.15) is 11.4 Å². The van der Waals surface area contributed by atoms with E-state index in [0.717, 1.165) is 15.7 Å². The molecule has 2 aliphatic heterocycles. The van der Waals surface area contributed by atoms with Crippen LogP contribution < -0.4 is 21.5 Å². The Morgan fingerprint density at radius 2 is 2.16 bits per heavy atom. The van der Waals surface area contributed by atoms with Crippen molar-refractivity contribution in [3.05, 3.63) is 40.2 Å². The molecule has 1 fully saturated rings. The predicted molar refractivity (Wildman–Crippen MR) is 146 cm³/mol. The highest BCUT2D eigenvalue weighted by atomic mass is 32.2. The number of methoxy groups -OCH3 is 1. The minimum atomic E-state index is -1.26. The molecule has 4 heterocycles. The molecule has 17 heteroatoms. The molecule has 2 aliphatic rings. The second-order valence-electron chi connectivity index (χ2n) is 7.70. The smallest absolute Gasteiger partial charge is 0.353 e. The van der Waals surface area contributed by atoms with E-state index in [-0.39, 0.29) is 17.2 Å². The zero-order chi connectivity index (χ0) is 27.4. The fraction of sp³-hybridized carbons (Fsp3) is 0.333. The number of carbonyl (C=O) groups is 3. The molecular weight excluding hydrogens is 575 g/mol. The molecule has 0 aromatic carbocycles. The van der Waals surface area contributed by atoms with Gasteiger partial charge in [0.05, 0.1) is 17.0 Å². The number of hydrogen-bond donors (Lipinski definition) is 5. The maximum absolute atomic E-state index is 13.0. The molecular formula is C21H23N7O6S4. The third kappa shape index (κ3) is 5.70. The summed E-state index contributed by atoms with van der Waals surface area (Å²) in [5, 5.41) is 24.7. The lowest BCUT2D eigenvalue weighted by Crippen LogP contribution is -2.71. The van der Waals surface area contributed by atoms with Crippen molar-refractivity contribution in [1.29, 1.82) is 0 Å². The molecule has 0 radical (unpaired) electrons. The number of hydrogen-bond acceptors (Lipinski definition) is 14. The van der Waals surface area contributed by atoms with Crippen molar-refractivity contribution in [3.8, 4) is 5.19 Å². The van der Waals surface area contributed by atoms with Crippen molar-refractivity contribution in [2.45, 2.75) is 21.4 Å². The first-order valence-electron chi connectivity index (χ1n) is 10.9. The Bertz CT molecular complexity index is 1320. The highest BCUT2D eigenvalue weighted by Crippen LogP contribution is 2.47. The number of nitrogen functional groups attached to an aromatic ring is 1. The first-order chi connectivity index (χ1) is 18.3. The minimum Gasteiger partial charge on any atom is -0.477 e. The standard InChI is InChI=1S/C21H23N7O6S4/c1-34-21-25-10(7-35-6-5-22)20(38-21)37-11-8-36-18-14(17(30)28(18)15(11)19(31)32)26-16(29)13(27-33)9-3-2-4-12(23)24-9/h2-4,14,18,33H,5-8,22H2,1H3,(H2,23,24)(H,26,29)(H,31,32)/b27-13-/t14-,18?/m1/s1. The molecule has 13 nitrogen and oxygen atoms in total. The van der Waals surface area contributed by atoms with Gasteiger partial charge in [0, 0.05) is 28.7 Å². The number of ether oxygens (including phenoxy) is 1. The van der Waals surface area contributed by atoms with Crippen LogP contribution in [0.5, 0.6) is 5.19 Å². The summed E-state index contributed by atoms with van der Waals surface area (Å²) in [6.07, 6.45) is 0. The maximum atomic E-state index is 13.0. The number of nitrogens with two attached hydrogens (primary N) is 2. The van der Waals surface area contributed by atoms with Gasteiger partial charge in [-0.1, -0.05) is 34.3 Å². The van der Waals surface area contributed by atoms with Gasteiger partial charge in [-0.2, -0.15) is 11.8 Å². The van der Waals surface area contributed by atoms with E-state index in [1.807, 2.05) is 0 Å². The van der Waals surface area contributed by atoms with Gasteiger partial charge in [-0.05, 0) is 12.1 Å². The van der Waals surface area contributed by atoms with E-state index in [1.54, 1.807) is 11.8 Å². The number of thiazole rings is 1. The number of nitrogens with zero attached hydrogens (tertiary/aromatic N) is 4. The molecule has 1 saturated heterocycles. The Labute approximate surface area is 233 Å². The van der Waals surface area contributed by atoms with E-state index >= 15 is 0 Å². The average molecular weight is 598 g/mol. The Hall–Kier alpha value is -2.99. The monoisotopic (exact) mass is 597 g/mol. The highest BCUT2D eigenvalue weighted by Gasteiger charge is 2.54. The molecule has 4 rings (SSSR count). The Balaban J connectivity index is 1.53. The third-order valence-corrected chi connectivity index (χ3v) is 10.1. The topological polar surface area (TPSA) is 206 Å². The number of carbonyl (C=O) groups excluding carboxylic acids is 2. The van der Waals surface area contributed by atoms with Crippen molar-refractivity contribution in [3.63, 3.8) is 0 Å². The Morgan fingerprint density at radius 1 is 1.37 bits per heavy atom. The van der Waals surface area contributed by atoms with Crippen LogP contribution in [0.15, 0.2) is 38.2 Å². The number of pyridine rings is 1. The summed E-state index contributed by atoms with van der Waals surface area (Å²) < 4.78 is 6.04. The predicted octanol–water partition coefficient (Wildman–Crippen LogP) is 0.988. The summed E-state index contributed by atoms with van der Waals surface area (Å²) in [5.41, 5.74) is 11.4. The van der Waals surface area contributed by atoms with Gasteiger partial charge in [-0.15, -0.1) is 11.8 Å². The molecule has 0 aliphatic carbocycles. The number of anilines is 1. The number of aliphatic carboxylic acids is 1. The van der Waals surface area contributed by atoms with Gasteiger partial charge >= 0.3 is 5.97 Å². The molecule has 1 unspecified atom stereocenters. The lowest BCUT2D eigenvalue weighted by molar-refractivity contribution is -0.150. The van der Waals surface area contributed by atoms with Crippen LogP contribution in [0.3, 0.4) is 0 Å².